The summed E-state index contributed by atoms with van der Waals surface area (Å²) in [6, 6.07) is 7.75. The molecule has 0 unspecified atom stereocenters. The van der Waals surface area contributed by atoms with Crippen molar-refractivity contribution < 1.29 is 33.4 Å². The number of carbonyl (C=O) groups is 4. The number of hydrogen-bond donors (Lipinski definition) is 3. The van der Waals surface area contributed by atoms with Gasteiger partial charge in [0.2, 0.25) is 11.8 Å². The summed E-state index contributed by atoms with van der Waals surface area (Å²) in [5.41, 5.74) is 0.270. The molecule has 2 atom stereocenters. The second-order valence-electron chi connectivity index (χ2n) is 9.90. The van der Waals surface area contributed by atoms with Crippen molar-refractivity contribution in [3.8, 4) is 0 Å². The molecule has 206 valence electrons. The summed E-state index contributed by atoms with van der Waals surface area (Å²) < 4.78 is 15.5. The normalized spacial score (nSPS) is 13.1. The molecule has 0 aliphatic carbocycles. The lowest BCUT2D eigenvalue weighted by molar-refractivity contribution is -0.146. The summed E-state index contributed by atoms with van der Waals surface area (Å²) in [6.45, 7) is 9.65. The zero-order valence-corrected chi connectivity index (χ0v) is 22.7. The number of esters is 1. The van der Waals surface area contributed by atoms with E-state index in [0.29, 0.717) is 19.4 Å². The Bertz CT molecular complexity index is 895. The lowest BCUT2D eigenvalue weighted by atomic mass is 10.0. The Hall–Kier alpha value is -3.40. The largest absolute Gasteiger partial charge is 0.467 e. The molecule has 10 nitrogen and oxygen atoms in total. The van der Waals surface area contributed by atoms with E-state index < -0.39 is 35.7 Å². The molecule has 0 heterocycles. The van der Waals surface area contributed by atoms with Gasteiger partial charge >= 0.3 is 12.1 Å². The van der Waals surface area contributed by atoms with Crippen LogP contribution < -0.4 is 16.0 Å². The molecule has 37 heavy (non-hydrogen) atoms. The van der Waals surface area contributed by atoms with E-state index in [1.807, 2.05) is 44.2 Å². The van der Waals surface area contributed by atoms with Crippen molar-refractivity contribution in [3.63, 3.8) is 0 Å². The van der Waals surface area contributed by atoms with Gasteiger partial charge in [0.1, 0.15) is 11.6 Å². The van der Waals surface area contributed by atoms with Crippen LogP contribution in [-0.2, 0) is 35.2 Å². The molecule has 0 radical (unpaired) electrons. The van der Waals surface area contributed by atoms with E-state index >= 15 is 0 Å². The number of amides is 3. The SMILES string of the molecule is COC(=O)[C@H](COCc1ccccc1)NC(=O)/C=C/CCNC(=O)[C@H](CC(C)C)NC(=O)OC(C)(C)C. The Labute approximate surface area is 219 Å². The first-order valence-electron chi connectivity index (χ1n) is 12.3. The van der Waals surface area contributed by atoms with Gasteiger partial charge < -0.3 is 30.2 Å². The Balaban J connectivity index is 2.49. The maximum atomic E-state index is 12.6. The van der Waals surface area contributed by atoms with Gasteiger partial charge in [0, 0.05) is 6.54 Å². The molecule has 3 N–H and O–H groups in total. The van der Waals surface area contributed by atoms with E-state index in [1.165, 1.54) is 13.2 Å². The molecule has 0 aliphatic heterocycles. The first kappa shape index (κ1) is 31.6. The topological polar surface area (TPSA) is 132 Å². The quantitative estimate of drug-likeness (QED) is 0.196. The van der Waals surface area contributed by atoms with E-state index in [-0.39, 0.29) is 25.0 Å². The summed E-state index contributed by atoms with van der Waals surface area (Å²) in [6.07, 6.45) is 3.02. The molecule has 0 saturated carbocycles. The molecule has 1 aromatic rings. The highest BCUT2D eigenvalue weighted by Gasteiger charge is 2.25. The predicted octanol–water partition coefficient (Wildman–Crippen LogP) is 2.86. The van der Waals surface area contributed by atoms with E-state index in [2.05, 4.69) is 16.0 Å². The summed E-state index contributed by atoms with van der Waals surface area (Å²) in [5.74, 6) is -1.27. The van der Waals surface area contributed by atoms with Crippen LogP contribution in [0, 0.1) is 5.92 Å². The van der Waals surface area contributed by atoms with E-state index in [1.54, 1.807) is 26.8 Å². The molecule has 0 aromatic heterocycles. The van der Waals surface area contributed by atoms with Gasteiger partial charge in [-0.2, -0.15) is 0 Å². The van der Waals surface area contributed by atoms with Gasteiger partial charge in [0.25, 0.3) is 0 Å². The van der Waals surface area contributed by atoms with Gasteiger partial charge in [0.05, 0.1) is 20.3 Å². The Morgan fingerprint density at radius 1 is 1.00 bits per heavy atom. The molecule has 3 amide bonds. The third-order valence-electron chi connectivity index (χ3n) is 4.79. The number of ether oxygens (including phenoxy) is 3. The monoisotopic (exact) mass is 519 g/mol. The Morgan fingerprint density at radius 3 is 2.27 bits per heavy atom. The van der Waals surface area contributed by atoms with E-state index in [4.69, 9.17) is 14.2 Å². The molecular weight excluding hydrogens is 478 g/mol. The van der Waals surface area contributed by atoms with Crippen LogP contribution in [0.15, 0.2) is 42.5 Å². The molecule has 0 fully saturated rings. The number of rotatable bonds is 14. The third kappa shape index (κ3) is 14.7. The van der Waals surface area contributed by atoms with Crippen molar-refractivity contribution in [1.29, 1.82) is 0 Å². The minimum atomic E-state index is -0.957. The van der Waals surface area contributed by atoms with Crippen LogP contribution in [0.3, 0.4) is 0 Å². The van der Waals surface area contributed by atoms with Crippen molar-refractivity contribution in [3.05, 3.63) is 48.0 Å². The fourth-order valence-corrected chi connectivity index (χ4v) is 3.14. The number of benzene rings is 1. The number of hydrogen-bond acceptors (Lipinski definition) is 7. The minimum Gasteiger partial charge on any atom is -0.467 e. The first-order chi connectivity index (χ1) is 17.4. The van der Waals surface area contributed by atoms with Crippen molar-refractivity contribution in [2.75, 3.05) is 20.3 Å². The van der Waals surface area contributed by atoms with Crippen molar-refractivity contribution in [2.45, 2.75) is 71.8 Å². The van der Waals surface area contributed by atoms with Crippen molar-refractivity contribution in [1.82, 2.24) is 16.0 Å². The summed E-state index contributed by atoms with van der Waals surface area (Å²) in [5, 5.41) is 7.93. The maximum absolute atomic E-state index is 12.6. The molecule has 0 aliphatic rings. The smallest absolute Gasteiger partial charge is 0.408 e. The van der Waals surface area contributed by atoms with Crippen LogP contribution in [0.25, 0.3) is 0 Å². The highest BCUT2D eigenvalue weighted by atomic mass is 16.6. The van der Waals surface area contributed by atoms with Crippen LogP contribution in [0.2, 0.25) is 0 Å². The minimum absolute atomic E-state index is 0.0426. The van der Waals surface area contributed by atoms with Crippen LogP contribution >= 0.6 is 0 Å². The van der Waals surface area contributed by atoms with E-state index in [0.717, 1.165) is 5.56 Å². The number of alkyl carbamates (subject to hydrolysis) is 1. The van der Waals surface area contributed by atoms with Gasteiger partial charge in [-0.1, -0.05) is 50.3 Å². The lowest BCUT2D eigenvalue weighted by Gasteiger charge is -2.24. The van der Waals surface area contributed by atoms with Crippen LogP contribution in [-0.4, -0.2) is 61.8 Å². The molecular formula is C27H41N3O7. The fourth-order valence-electron chi connectivity index (χ4n) is 3.14. The number of methoxy groups -OCH3 is 1. The van der Waals surface area contributed by atoms with Crippen LogP contribution in [0.1, 0.15) is 53.0 Å². The third-order valence-corrected chi connectivity index (χ3v) is 4.79. The zero-order valence-electron chi connectivity index (χ0n) is 22.7. The molecule has 0 bridgehead atoms. The molecule has 10 heteroatoms. The highest BCUT2D eigenvalue weighted by molar-refractivity contribution is 5.91. The molecule has 1 rings (SSSR count). The maximum Gasteiger partial charge on any atom is 0.408 e. The second-order valence-corrected chi connectivity index (χ2v) is 9.90. The summed E-state index contributed by atoms with van der Waals surface area (Å²) in [7, 11) is 1.24. The van der Waals surface area contributed by atoms with Crippen molar-refractivity contribution >= 4 is 23.9 Å². The first-order valence-corrected chi connectivity index (χ1v) is 12.3. The average Bonchev–Trinajstić information content (AvgIpc) is 2.81. The highest BCUT2D eigenvalue weighted by Crippen LogP contribution is 2.09. The molecule has 0 saturated heterocycles. The van der Waals surface area contributed by atoms with Gasteiger partial charge in [0.15, 0.2) is 6.04 Å². The Morgan fingerprint density at radius 2 is 1.68 bits per heavy atom. The lowest BCUT2D eigenvalue weighted by Crippen LogP contribution is -2.48. The summed E-state index contributed by atoms with van der Waals surface area (Å²) in [4.78, 5) is 48.9. The van der Waals surface area contributed by atoms with Crippen LogP contribution in [0.5, 0.6) is 0 Å². The predicted molar refractivity (Wildman–Crippen MR) is 139 cm³/mol. The van der Waals surface area contributed by atoms with Gasteiger partial charge in [-0.3, -0.25) is 9.59 Å². The zero-order chi connectivity index (χ0) is 27.8. The van der Waals surface area contributed by atoms with Gasteiger partial charge in [-0.15, -0.1) is 0 Å². The molecule has 1 aromatic carbocycles. The van der Waals surface area contributed by atoms with E-state index in [9.17, 15) is 19.2 Å². The van der Waals surface area contributed by atoms with Gasteiger partial charge in [-0.05, 0) is 51.2 Å². The van der Waals surface area contributed by atoms with Crippen LogP contribution in [0.4, 0.5) is 4.79 Å². The second kappa shape index (κ2) is 16.4. The summed E-state index contributed by atoms with van der Waals surface area (Å²) >= 11 is 0. The Kier molecular flexibility index (Phi) is 14.0. The molecule has 0 spiro atoms. The number of carbonyl (C=O) groups excluding carboxylic acids is 4. The van der Waals surface area contributed by atoms with Crippen molar-refractivity contribution in [2.24, 2.45) is 5.92 Å². The number of nitrogens with one attached hydrogen (secondary N) is 3. The van der Waals surface area contributed by atoms with Gasteiger partial charge in [-0.25, -0.2) is 9.59 Å². The standard InChI is InChI=1S/C27H41N3O7/c1-19(2)16-21(30-26(34)37-27(3,4)5)24(32)28-15-11-10-14-23(31)29-22(25(33)35-6)18-36-17-20-12-8-7-9-13-20/h7-10,12-14,19,21-22H,11,15-18H2,1-6H3,(H,28,32)(H,29,31)(H,30,34)/b14-10+/t21-,22-/m0/s1. The average molecular weight is 520 g/mol. The fraction of sp³-hybridized carbons (Fsp3) is 0.556.